The molecule has 0 aliphatic carbocycles. The number of hydrogen-bond acceptors (Lipinski definition) is 5. The normalized spacial score (nSPS) is 13.3. The third kappa shape index (κ3) is 7.19. The molecule has 3 aromatic carbocycles. The Morgan fingerprint density at radius 1 is 0.886 bits per heavy atom. The summed E-state index contributed by atoms with van der Waals surface area (Å²) >= 11 is 3.58. The Morgan fingerprint density at radius 3 is 2.06 bits per heavy atom. The Bertz CT molecular complexity index is 1210. The van der Waals surface area contributed by atoms with E-state index in [1.54, 1.807) is 30.3 Å². The highest BCUT2D eigenvalue weighted by Gasteiger charge is 2.39. The first-order valence-corrected chi connectivity index (χ1v) is 16.9. The van der Waals surface area contributed by atoms with E-state index >= 15 is 0 Å². The number of alkyl halides is 1. The maximum atomic E-state index is 13.0. The lowest BCUT2D eigenvalue weighted by Gasteiger charge is -2.39. The maximum Gasteiger partial charge on any atom is 0.339 e. The van der Waals surface area contributed by atoms with Gasteiger partial charge in [0.1, 0.15) is 11.5 Å². The molecule has 188 valence electrons. The van der Waals surface area contributed by atoms with Gasteiger partial charge in [0.2, 0.25) is 0 Å². The van der Waals surface area contributed by atoms with E-state index in [4.69, 9.17) is 13.3 Å². The minimum absolute atomic E-state index is 0.0299. The third-order valence-corrected chi connectivity index (χ3v) is 12.5. The van der Waals surface area contributed by atoms with Crippen molar-refractivity contribution in [1.29, 1.82) is 0 Å². The molecule has 0 heterocycles. The van der Waals surface area contributed by atoms with E-state index in [0.717, 1.165) is 11.1 Å². The van der Waals surface area contributed by atoms with Gasteiger partial charge in [0.15, 0.2) is 19.8 Å². The summed E-state index contributed by atoms with van der Waals surface area (Å²) in [5.41, 5.74) is 1.78. The van der Waals surface area contributed by atoms with Gasteiger partial charge >= 0.3 is 10.1 Å². The van der Waals surface area contributed by atoms with Crippen molar-refractivity contribution in [1.82, 2.24) is 0 Å². The molecule has 0 N–H and O–H groups in total. The van der Waals surface area contributed by atoms with Crippen LogP contribution in [0.2, 0.25) is 18.1 Å². The van der Waals surface area contributed by atoms with E-state index in [1.165, 1.54) is 12.1 Å². The van der Waals surface area contributed by atoms with Crippen molar-refractivity contribution in [2.45, 2.75) is 56.5 Å². The van der Waals surface area contributed by atoms with Gasteiger partial charge in [0.05, 0.1) is 6.10 Å². The second-order valence-electron chi connectivity index (χ2n) is 9.85. The van der Waals surface area contributed by atoms with Gasteiger partial charge in [-0.2, -0.15) is 8.42 Å². The summed E-state index contributed by atoms with van der Waals surface area (Å²) in [6.07, 6.45) is -0.263. The first-order chi connectivity index (χ1) is 16.4. The van der Waals surface area contributed by atoms with Crippen LogP contribution >= 0.6 is 15.9 Å². The summed E-state index contributed by atoms with van der Waals surface area (Å²) in [7, 11) is -6.13. The fourth-order valence-corrected chi connectivity index (χ4v) is 6.11. The molecule has 0 amide bonds. The molecule has 0 radical (unpaired) electrons. The molecule has 0 saturated heterocycles. The SMILES string of the molecule is CC(C)(C)[Si](C)(C)O[C@@H](CBr)c1ccc(OCc2ccccc2)c(OS(=O)(=O)c2ccccc2)c1. The van der Waals surface area contributed by atoms with E-state index in [-0.39, 0.29) is 28.4 Å². The van der Waals surface area contributed by atoms with E-state index < -0.39 is 18.4 Å². The molecular weight excluding hydrogens is 544 g/mol. The summed E-state index contributed by atoms with van der Waals surface area (Å²) in [6.45, 7) is 11.2. The van der Waals surface area contributed by atoms with Crippen LogP contribution in [0.25, 0.3) is 0 Å². The molecule has 0 aliphatic rings. The first-order valence-electron chi connectivity index (χ1n) is 11.5. The van der Waals surface area contributed by atoms with Gasteiger partial charge in [0, 0.05) is 5.33 Å². The van der Waals surface area contributed by atoms with Gasteiger partial charge < -0.3 is 13.3 Å². The van der Waals surface area contributed by atoms with E-state index in [2.05, 4.69) is 49.8 Å². The molecule has 1 atom stereocenters. The predicted octanol–water partition coefficient (Wildman–Crippen LogP) is 7.49. The van der Waals surface area contributed by atoms with Crippen LogP contribution in [0.4, 0.5) is 0 Å². The number of ether oxygens (including phenoxy) is 1. The van der Waals surface area contributed by atoms with Crippen LogP contribution in [0.1, 0.15) is 38.0 Å². The molecule has 0 bridgehead atoms. The summed E-state index contributed by atoms with van der Waals surface area (Å²) < 4.78 is 44.3. The van der Waals surface area contributed by atoms with Gasteiger partial charge in [-0.25, -0.2) is 0 Å². The van der Waals surface area contributed by atoms with Gasteiger partial charge in [-0.3, -0.25) is 0 Å². The van der Waals surface area contributed by atoms with Crippen LogP contribution in [0.5, 0.6) is 11.5 Å². The lowest BCUT2D eigenvalue weighted by molar-refractivity contribution is 0.208. The molecule has 8 heteroatoms. The average molecular weight is 578 g/mol. The van der Waals surface area contributed by atoms with Crippen molar-refractivity contribution >= 4 is 34.4 Å². The van der Waals surface area contributed by atoms with E-state index in [1.807, 2.05) is 36.4 Å². The highest BCUT2D eigenvalue weighted by atomic mass is 79.9. The molecule has 0 aromatic heterocycles. The number of rotatable bonds is 10. The van der Waals surface area contributed by atoms with Crippen LogP contribution in [0.15, 0.2) is 83.8 Å². The van der Waals surface area contributed by atoms with E-state index in [9.17, 15) is 8.42 Å². The Labute approximate surface area is 218 Å². The largest absolute Gasteiger partial charge is 0.485 e. The molecule has 5 nitrogen and oxygen atoms in total. The van der Waals surface area contributed by atoms with Gasteiger partial charge in [-0.15, -0.1) is 0 Å². The van der Waals surface area contributed by atoms with Crippen LogP contribution in [-0.4, -0.2) is 22.1 Å². The monoisotopic (exact) mass is 576 g/mol. The summed E-state index contributed by atoms with van der Waals surface area (Å²) in [6, 6.07) is 23.1. The lowest BCUT2D eigenvalue weighted by Crippen LogP contribution is -2.42. The molecule has 0 saturated carbocycles. The standard InChI is InChI=1S/C27H33BrO5SSi/c1-27(2,3)35(4,5)33-26(19-28)22-16-17-24(31-20-21-12-8-6-9-13-21)25(18-22)32-34(29,30)23-14-10-7-11-15-23/h6-18,26H,19-20H2,1-5H3/t26-/m0/s1. The second kappa shape index (κ2) is 11.3. The quantitative estimate of drug-likeness (QED) is 0.142. The Balaban J connectivity index is 1.96. The van der Waals surface area contributed by atoms with Gasteiger partial charge in [0.25, 0.3) is 0 Å². The van der Waals surface area contributed by atoms with Crippen LogP contribution < -0.4 is 8.92 Å². The summed E-state index contributed by atoms with van der Waals surface area (Å²) in [4.78, 5) is 0.0778. The maximum absolute atomic E-state index is 13.0. The van der Waals surface area contributed by atoms with Crippen molar-refractivity contribution in [3.8, 4) is 11.5 Å². The Kier molecular flexibility index (Phi) is 8.85. The summed E-state index contributed by atoms with van der Waals surface area (Å²) in [5.74, 6) is 0.477. The minimum atomic E-state index is -4.05. The molecular formula is C27H33BrO5SSi. The van der Waals surface area contributed by atoms with Crippen LogP contribution in [0, 0.1) is 0 Å². The number of halogens is 1. The van der Waals surface area contributed by atoms with Crippen molar-refractivity contribution in [2.24, 2.45) is 0 Å². The topological polar surface area (TPSA) is 61.8 Å². The van der Waals surface area contributed by atoms with Gasteiger partial charge in [-0.1, -0.05) is 91.3 Å². The lowest BCUT2D eigenvalue weighted by atomic mass is 10.1. The Morgan fingerprint density at radius 2 is 1.49 bits per heavy atom. The molecule has 3 aromatic rings. The molecule has 0 fully saturated rings. The van der Waals surface area contributed by atoms with E-state index in [0.29, 0.717) is 11.1 Å². The zero-order valence-corrected chi connectivity index (χ0v) is 24.2. The molecule has 3 rings (SSSR count). The second-order valence-corrected chi connectivity index (χ2v) is 16.8. The molecule has 0 spiro atoms. The highest BCUT2D eigenvalue weighted by Crippen LogP contribution is 2.41. The zero-order valence-electron chi connectivity index (χ0n) is 20.8. The first kappa shape index (κ1) is 27.5. The smallest absolute Gasteiger partial charge is 0.339 e. The van der Waals surface area contributed by atoms with Crippen molar-refractivity contribution < 1.29 is 21.8 Å². The third-order valence-electron chi connectivity index (χ3n) is 6.19. The molecule has 0 aliphatic heterocycles. The fourth-order valence-electron chi connectivity index (χ4n) is 3.12. The van der Waals surface area contributed by atoms with Crippen molar-refractivity contribution in [3.63, 3.8) is 0 Å². The number of benzene rings is 3. The average Bonchev–Trinajstić information content (AvgIpc) is 2.82. The van der Waals surface area contributed by atoms with Crippen molar-refractivity contribution in [2.75, 3.05) is 5.33 Å². The highest BCUT2D eigenvalue weighted by molar-refractivity contribution is 9.09. The zero-order chi connectivity index (χ0) is 25.7. The Hall–Kier alpha value is -2.13. The van der Waals surface area contributed by atoms with Crippen LogP contribution in [0.3, 0.4) is 0 Å². The van der Waals surface area contributed by atoms with Gasteiger partial charge in [-0.05, 0) is 53.5 Å². The van der Waals surface area contributed by atoms with Crippen LogP contribution in [-0.2, 0) is 21.2 Å². The molecule has 35 heavy (non-hydrogen) atoms. The number of hydrogen-bond donors (Lipinski definition) is 0. The summed E-state index contributed by atoms with van der Waals surface area (Å²) in [5, 5.41) is 0.594. The predicted molar refractivity (Wildman–Crippen MR) is 146 cm³/mol. The minimum Gasteiger partial charge on any atom is -0.485 e. The fraction of sp³-hybridized carbons (Fsp3) is 0.333. The molecule has 0 unspecified atom stereocenters. The van der Waals surface area contributed by atoms with Crippen molar-refractivity contribution in [3.05, 3.63) is 90.0 Å².